The molecule has 0 aliphatic carbocycles. The number of amides is 2. The van der Waals surface area contributed by atoms with Crippen LogP contribution in [0.15, 0.2) is 0 Å². The van der Waals surface area contributed by atoms with Crippen molar-refractivity contribution in [2.24, 2.45) is 0 Å². The molecule has 0 aromatic heterocycles. The molecular formula is C11H20N2O3. The van der Waals surface area contributed by atoms with E-state index in [1.807, 2.05) is 13.8 Å². The highest BCUT2D eigenvalue weighted by Crippen LogP contribution is 1.98. The average Bonchev–Trinajstić information content (AvgIpc) is 2.28. The molecule has 0 fully saturated rings. The van der Waals surface area contributed by atoms with Gasteiger partial charge in [-0.3, -0.25) is 14.4 Å². The summed E-state index contributed by atoms with van der Waals surface area (Å²) in [5.74, 6) is -1.17. The Bertz CT molecular complexity index is 241. The lowest BCUT2D eigenvalue weighted by molar-refractivity contribution is -0.139. The Morgan fingerprint density at radius 1 is 1.25 bits per heavy atom. The van der Waals surface area contributed by atoms with E-state index in [-0.39, 0.29) is 0 Å². The van der Waals surface area contributed by atoms with Crippen molar-refractivity contribution < 1.29 is 14.4 Å². The molecule has 0 rings (SSSR count). The third-order valence-electron chi connectivity index (χ3n) is 2.20. The van der Waals surface area contributed by atoms with E-state index in [0.29, 0.717) is 19.4 Å². The summed E-state index contributed by atoms with van der Waals surface area (Å²) in [6.07, 6.45) is 3.48. The van der Waals surface area contributed by atoms with Crippen LogP contribution in [-0.2, 0) is 14.4 Å². The summed E-state index contributed by atoms with van der Waals surface area (Å²) in [7, 11) is 0. The Hall–Kier alpha value is -1.39. The highest BCUT2D eigenvalue weighted by atomic mass is 16.2. The van der Waals surface area contributed by atoms with Crippen LogP contribution in [0.5, 0.6) is 0 Å². The van der Waals surface area contributed by atoms with Gasteiger partial charge in [0.15, 0.2) is 0 Å². The smallest absolute Gasteiger partial charge is 0.289 e. The van der Waals surface area contributed by atoms with Gasteiger partial charge in [0, 0.05) is 6.54 Å². The standard InChI is InChI=1S/C11H20N2O3/c1-3-5-7-12-11(16)10(15)9(6-4-2)13-8-14/h8-9H,3-7H2,1-2H3,(H,12,16)(H,13,14)/t9-/m0/s1. The molecule has 0 aliphatic heterocycles. The van der Waals surface area contributed by atoms with Gasteiger partial charge in [0.2, 0.25) is 12.2 Å². The molecule has 0 aromatic rings. The fourth-order valence-corrected chi connectivity index (χ4v) is 1.28. The molecule has 5 heteroatoms. The van der Waals surface area contributed by atoms with Crippen LogP contribution in [0.3, 0.4) is 0 Å². The summed E-state index contributed by atoms with van der Waals surface area (Å²) in [6, 6.07) is -0.691. The first kappa shape index (κ1) is 14.6. The van der Waals surface area contributed by atoms with Crippen molar-refractivity contribution in [3.05, 3.63) is 0 Å². The molecule has 0 radical (unpaired) electrons. The fraction of sp³-hybridized carbons (Fsp3) is 0.727. The first-order chi connectivity index (χ1) is 7.67. The van der Waals surface area contributed by atoms with Crippen LogP contribution >= 0.6 is 0 Å². The number of carbonyl (C=O) groups excluding carboxylic acids is 3. The van der Waals surface area contributed by atoms with E-state index in [1.165, 1.54) is 0 Å². The van der Waals surface area contributed by atoms with E-state index in [2.05, 4.69) is 10.6 Å². The second kappa shape index (κ2) is 8.88. The zero-order valence-electron chi connectivity index (χ0n) is 9.91. The summed E-state index contributed by atoms with van der Waals surface area (Å²) in [4.78, 5) is 33.3. The lowest BCUT2D eigenvalue weighted by Gasteiger charge is -2.13. The minimum absolute atomic E-state index is 0.456. The number of ketones is 1. The van der Waals surface area contributed by atoms with Crippen molar-refractivity contribution >= 4 is 18.1 Å². The van der Waals surface area contributed by atoms with E-state index >= 15 is 0 Å². The minimum atomic E-state index is -0.691. The first-order valence-electron chi connectivity index (χ1n) is 5.69. The normalized spacial score (nSPS) is 11.6. The Morgan fingerprint density at radius 2 is 1.94 bits per heavy atom. The highest BCUT2D eigenvalue weighted by molar-refractivity contribution is 6.38. The van der Waals surface area contributed by atoms with Crippen LogP contribution in [0, 0.1) is 0 Å². The van der Waals surface area contributed by atoms with Gasteiger partial charge in [-0.2, -0.15) is 0 Å². The third kappa shape index (κ3) is 5.48. The van der Waals surface area contributed by atoms with Gasteiger partial charge in [0.25, 0.3) is 5.91 Å². The van der Waals surface area contributed by atoms with Crippen LogP contribution in [0.25, 0.3) is 0 Å². The van der Waals surface area contributed by atoms with Crippen LogP contribution in [-0.4, -0.2) is 30.7 Å². The minimum Gasteiger partial charge on any atom is -0.349 e. The zero-order chi connectivity index (χ0) is 12.4. The molecule has 0 heterocycles. The maximum Gasteiger partial charge on any atom is 0.289 e. The van der Waals surface area contributed by atoms with E-state index in [1.54, 1.807) is 0 Å². The maximum atomic E-state index is 11.6. The van der Waals surface area contributed by atoms with Gasteiger partial charge in [-0.05, 0) is 12.8 Å². The number of hydrogen-bond acceptors (Lipinski definition) is 3. The summed E-state index contributed by atoms with van der Waals surface area (Å²) in [5, 5.41) is 4.90. The molecular weight excluding hydrogens is 208 g/mol. The SMILES string of the molecule is CCCCNC(=O)C(=O)[C@H](CCC)NC=O. The van der Waals surface area contributed by atoms with Gasteiger partial charge in [0.05, 0.1) is 6.04 Å². The quantitative estimate of drug-likeness (QED) is 0.340. The molecule has 0 saturated heterocycles. The van der Waals surface area contributed by atoms with Crippen molar-refractivity contribution in [3.8, 4) is 0 Å². The lowest BCUT2D eigenvalue weighted by atomic mass is 10.1. The molecule has 0 saturated carbocycles. The van der Waals surface area contributed by atoms with Crippen LogP contribution in [0.2, 0.25) is 0 Å². The molecule has 0 unspecified atom stereocenters. The molecule has 0 aromatic carbocycles. The highest BCUT2D eigenvalue weighted by Gasteiger charge is 2.23. The largest absolute Gasteiger partial charge is 0.349 e. The van der Waals surface area contributed by atoms with Crippen molar-refractivity contribution in [3.63, 3.8) is 0 Å². The predicted octanol–water partition coefficient (Wildman–Crippen LogP) is 0.386. The van der Waals surface area contributed by atoms with Gasteiger partial charge >= 0.3 is 0 Å². The third-order valence-corrected chi connectivity index (χ3v) is 2.20. The summed E-state index contributed by atoms with van der Waals surface area (Å²) in [5.41, 5.74) is 0. The van der Waals surface area contributed by atoms with E-state index < -0.39 is 17.7 Å². The van der Waals surface area contributed by atoms with E-state index in [9.17, 15) is 14.4 Å². The molecule has 0 aliphatic rings. The van der Waals surface area contributed by atoms with Gasteiger partial charge in [-0.15, -0.1) is 0 Å². The van der Waals surface area contributed by atoms with Crippen LogP contribution < -0.4 is 10.6 Å². The molecule has 0 bridgehead atoms. The van der Waals surface area contributed by atoms with Crippen molar-refractivity contribution in [1.29, 1.82) is 0 Å². The maximum absolute atomic E-state index is 11.6. The number of carbonyl (C=O) groups is 3. The number of nitrogens with one attached hydrogen (secondary N) is 2. The second-order valence-corrected chi connectivity index (χ2v) is 3.60. The second-order valence-electron chi connectivity index (χ2n) is 3.60. The van der Waals surface area contributed by atoms with Gasteiger partial charge < -0.3 is 10.6 Å². The summed E-state index contributed by atoms with van der Waals surface area (Å²) < 4.78 is 0. The Morgan fingerprint density at radius 3 is 2.44 bits per heavy atom. The van der Waals surface area contributed by atoms with E-state index in [0.717, 1.165) is 19.3 Å². The first-order valence-corrected chi connectivity index (χ1v) is 5.69. The average molecular weight is 228 g/mol. The summed E-state index contributed by atoms with van der Waals surface area (Å²) in [6.45, 7) is 4.39. The van der Waals surface area contributed by atoms with Gasteiger partial charge in [-0.1, -0.05) is 26.7 Å². The fourth-order valence-electron chi connectivity index (χ4n) is 1.28. The predicted molar refractivity (Wildman–Crippen MR) is 60.8 cm³/mol. The Balaban J connectivity index is 4.14. The Kier molecular flexibility index (Phi) is 8.11. The summed E-state index contributed by atoms with van der Waals surface area (Å²) >= 11 is 0. The van der Waals surface area contributed by atoms with Crippen molar-refractivity contribution in [2.75, 3.05) is 6.54 Å². The Labute approximate surface area is 96.0 Å². The lowest BCUT2D eigenvalue weighted by Crippen LogP contribution is -2.45. The van der Waals surface area contributed by atoms with Gasteiger partial charge in [-0.25, -0.2) is 0 Å². The van der Waals surface area contributed by atoms with Gasteiger partial charge in [0.1, 0.15) is 0 Å². The molecule has 16 heavy (non-hydrogen) atoms. The number of hydrogen-bond donors (Lipinski definition) is 2. The topological polar surface area (TPSA) is 75.3 Å². The number of Topliss-reactive ketones (excluding diaryl/α,β-unsaturated/α-hetero) is 1. The number of unbranched alkanes of at least 4 members (excludes halogenated alkanes) is 1. The number of rotatable bonds is 9. The van der Waals surface area contributed by atoms with Crippen molar-refractivity contribution in [1.82, 2.24) is 10.6 Å². The molecule has 2 N–H and O–H groups in total. The zero-order valence-corrected chi connectivity index (χ0v) is 9.91. The van der Waals surface area contributed by atoms with E-state index in [4.69, 9.17) is 0 Å². The molecule has 92 valence electrons. The molecule has 0 spiro atoms. The molecule has 5 nitrogen and oxygen atoms in total. The molecule has 2 amide bonds. The monoisotopic (exact) mass is 228 g/mol. The molecule has 1 atom stereocenters. The van der Waals surface area contributed by atoms with Crippen LogP contribution in [0.4, 0.5) is 0 Å². The van der Waals surface area contributed by atoms with Crippen molar-refractivity contribution in [2.45, 2.75) is 45.6 Å². The van der Waals surface area contributed by atoms with Crippen LogP contribution in [0.1, 0.15) is 39.5 Å².